The summed E-state index contributed by atoms with van der Waals surface area (Å²) in [5.74, 6) is 0.863. The third kappa shape index (κ3) is 2.34. The number of amides is 1. The van der Waals surface area contributed by atoms with Gasteiger partial charge in [0.2, 0.25) is 5.88 Å². The number of nitrogens with zero attached hydrogens (tertiary/aromatic N) is 3. The van der Waals surface area contributed by atoms with Gasteiger partial charge < -0.3 is 9.64 Å². The highest BCUT2D eigenvalue weighted by Gasteiger charge is 2.32. The van der Waals surface area contributed by atoms with E-state index < -0.39 is 0 Å². The van der Waals surface area contributed by atoms with Gasteiger partial charge in [-0.2, -0.15) is 0 Å². The number of carbonyl (C=O) groups is 1. The lowest BCUT2D eigenvalue weighted by Crippen LogP contribution is -2.48. The maximum Gasteiger partial charge on any atom is 0.254 e. The minimum atomic E-state index is 0.0193. The van der Waals surface area contributed by atoms with Crippen LogP contribution in [-0.4, -0.2) is 41.0 Å². The number of ether oxygens (including phenoxy) is 1. The van der Waals surface area contributed by atoms with E-state index in [4.69, 9.17) is 4.74 Å². The predicted molar refractivity (Wildman–Crippen MR) is 73.7 cm³/mol. The van der Waals surface area contributed by atoms with Crippen molar-refractivity contribution in [1.29, 1.82) is 0 Å². The summed E-state index contributed by atoms with van der Waals surface area (Å²) in [5.41, 5.74) is 1.80. The van der Waals surface area contributed by atoms with Crippen LogP contribution < -0.4 is 4.74 Å². The molecule has 0 spiro atoms. The van der Waals surface area contributed by atoms with Crippen LogP contribution >= 0.6 is 0 Å². The summed E-state index contributed by atoms with van der Waals surface area (Å²) in [5, 5.41) is 0. The summed E-state index contributed by atoms with van der Waals surface area (Å²) < 4.78 is 5.04. The summed E-state index contributed by atoms with van der Waals surface area (Å²) in [7, 11) is 1.54. The molecule has 1 amide bonds. The summed E-state index contributed by atoms with van der Waals surface area (Å²) in [6, 6.07) is 7.35. The van der Waals surface area contributed by atoms with Gasteiger partial charge in [0.1, 0.15) is 0 Å². The molecule has 0 bridgehead atoms. The van der Waals surface area contributed by atoms with Gasteiger partial charge in [-0.05, 0) is 17.7 Å². The first-order valence-corrected chi connectivity index (χ1v) is 6.47. The maximum atomic E-state index is 12.3. The van der Waals surface area contributed by atoms with Gasteiger partial charge in [-0.1, -0.05) is 6.07 Å². The topological polar surface area (TPSA) is 55.3 Å². The molecular weight excluding hydrogens is 254 g/mol. The smallest absolute Gasteiger partial charge is 0.254 e. The van der Waals surface area contributed by atoms with Crippen molar-refractivity contribution in [1.82, 2.24) is 14.9 Å². The number of rotatable bonds is 3. The number of carbonyl (C=O) groups excluding carboxylic acids is 1. The van der Waals surface area contributed by atoms with Crippen molar-refractivity contribution in [2.24, 2.45) is 0 Å². The Labute approximate surface area is 117 Å². The molecule has 0 atom stereocenters. The van der Waals surface area contributed by atoms with Crippen molar-refractivity contribution in [3.63, 3.8) is 0 Å². The molecule has 3 heterocycles. The summed E-state index contributed by atoms with van der Waals surface area (Å²) in [6.07, 6.45) is 5.21. The van der Waals surface area contributed by atoms with E-state index in [0.29, 0.717) is 17.4 Å². The van der Waals surface area contributed by atoms with E-state index in [9.17, 15) is 4.79 Å². The van der Waals surface area contributed by atoms with Crippen molar-refractivity contribution in [2.75, 3.05) is 20.2 Å². The SMILES string of the molecule is COc1cc(C(=O)N2CC(c3cccnc3)C2)ccn1. The first kappa shape index (κ1) is 12.6. The fraction of sp³-hybridized carbons (Fsp3) is 0.267. The molecule has 1 aliphatic rings. The van der Waals surface area contributed by atoms with Crippen LogP contribution in [-0.2, 0) is 0 Å². The van der Waals surface area contributed by atoms with E-state index in [1.807, 2.05) is 17.2 Å². The van der Waals surface area contributed by atoms with Crippen LogP contribution in [0.5, 0.6) is 5.88 Å². The van der Waals surface area contributed by atoms with E-state index in [-0.39, 0.29) is 5.91 Å². The van der Waals surface area contributed by atoms with Gasteiger partial charge in [0.15, 0.2) is 0 Å². The molecule has 0 N–H and O–H groups in total. The first-order valence-electron chi connectivity index (χ1n) is 6.47. The minimum absolute atomic E-state index is 0.0193. The third-order valence-corrected chi connectivity index (χ3v) is 3.52. The molecule has 0 unspecified atom stereocenters. The number of likely N-dealkylation sites (tertiary alicyclic amines) is 1. The maximum absolute atomic E-state index is 12.3. The largest absolute Gasteiger partial charge is 0.481 e. The van der Waals surface area contributed by atoms with Gasteiger partial charge in [-0.25, -0.2) is 4.98 Å². The van der Waals surface area contributed by atoms with Crippen LogP contribution in [0.25, 0.3) is 0 Å². The molecule has 5 nitrogen and oxygen atoms in total. The first-order chi connectivity index (χ1) is 9.78. The van der Waals surface area contributed by atoms with Crippen LogP contribution in [0.3, 0.4) is 0 Å². The average molecular weight is 269 g/mol. The lowest BCUT2D eigenvalue weighted by Gasteiger charge is -2.39. The molecular formula is C15H15N3O2. The Morgan fingerprint density at radius 2 is 2.20 bits per heavy atom. The Balaban J connectivity index is 1.66. The fourth-order valence-electron chi connectivity index (χ4n) is 2.31. The van der Waals surface area contributed by atoms with Gasteiger partial charge in [-0.15, -0.1) is 0 Å². The monoisotopic (exact) mass is 269 g/mol. The quantitative estimate of drug-likeness (QED) is 0.851. The second-order valence-electron chi connectivity index (χ2n) is 4.78. The molecule has 0 radical (unpaired) electrons. The number of pyridine rings is 2. The van der Waals surface area contributed by atoms with Gasteiger partial charge in [-0.3, -0.25) is 9.78 Å². The molecule has 1 saturated heterocycles. The Morgan fingerprint density at radius 1 is 1.35 bits per heavy atom. The molecule has 102 valence electrons. The van der Waals surface area contributed by atoms with Gasteiger partial charge in [0.05, 0.1) is 7.11 Å². The summed E-state index contributed by atoms with van der Waals surface area (Å²) >= 11 is 0. The highest BCUT2D eigenvalue weighted by molar-refractivity contribution is 5.95. The van der Waals surface area contributed by atoms with Crippen LogP contribution in [0.15, 0.2) is 42.9 Å². The molecule has 0 saturated carbocycles. The van der Waals surface area contributed by atoms with Crippen molar-refractivity contribution in [3.8, 4) is 5.88 Å². The van der Waals surface area contributed by atoms with Crippen molar-refractivity contribution >= 4 is 5.91 Å². The lowest BCUT2D eigenvalue weighted by molar-refractivity contribution is 0.0601. The Morgan fingerprint density at radius 3 is 2.90 bits per heavy atom. The highest BCUT2D eigenvalue weighted by Crippen LogP contribution is 2.27. The molecule has 5 heteroatoms. The molecule has 0 aliphatic carbocycles. The minimum Gasteiger partial charge on any atom is -0.481 e. The number of hydrogen-bond acceptors (Lipinski definition) is 4. The van der Waals surface area contributed by atoms with E-state index in [1.165, 1.54) is 5.56 Å². The van der Waals surface area contributed by atoms with Crippen molar-refractivity contribution < 1.29 is 9.53 Å². The van der Waals surface area contributed by atoms with Gasteiger partial charge in [0, 0.05) is 49.2 Å². The fourth-order valence-corrected chi connectivity index (χ4v) is 2.31. The average Bonchev–Trinajstić information content (AvgIpc) is 2.47. The normalized spacial score (nSPS) is 14.8. The van der Waals surface area contributed by atoms with Crippen molar-refractivity contribution in [3.05, 3.63) is 54.0 Å². The predicted octanol–water partition coefficient (Wildman–Crippen LogP) is 1.72. The molecule has 0 aromatic carbocycles. The molecule has 3 rings (SSSR count). The Bertz CT molecular complexity index is 610. The number of hydrogen-bond donors (Lipinski definition) is 0. The highest BCUT2D eigenvalue weighted by atomic mass is 16.5. The van der Waals surface area contributed by atoms with Gasteiger partial charge in [0.25, 0.3) is 5.91 Å². The van der Waals surface area contributed by atoms with E-state index in [2.05, 4.69) is 16.0 Å². The number of aromatic nitrogens is 2. The molecule has 1 fully saturated rings. The Hall–Kier alpha value is -2.43. The van der Waals surface area contributed by atoms with E-state index in [1.54, 1.807) is 31.6 Å². The van der Waals surface area contributed by atoms with Crippen LogP contribution in [0, 0.1) is 0 Å². The second kappa shape index (κ2) is 5.28. The standard InChI is InChI=1S/C15H15N3O2/c1-20-14-7-11(4-6-17-14)15(19)18-9-13(10-18)12-3-2-5-16-8-12/h2-8,13H,9-10H2,1H3. The zero-order valence-corrected chi connectivity index (χ0v) is 11.2. The summed E-state index contributed by atoms with van der Waals surface area (Å²) in [6.45, 7) is 1.46. The molecule has 1 aliphatic heterocycles. The lowest BCUT2D eigenvalue weighted by atomic mass is 9.92. The van der Waals surface area contributed by atoms with Crippen LogP contribution in [0.1, 0.15) is 21.8 Å². The van der Waals surface area contributed by atoms with E-state index >= 15 is 0 Å². The van der Waals surface area contributed by atoms with Crippen LogP contribution in [0.2, 0.25) is 0 Å². The van der Waals surface area contributed by atoms with E-state index in [0.717, 1.165) is 13.1 Å². The molecule has 2 aromatic rings. The molecule has 2 aromatic heterocycles. The van der Waals surface area contributed by atoms with Gasteiger partial charge >= 0.3 is 0 Å². The second-order valence-corrected chi connectivity index (χ2v) is 4.78. The molecule has 20 heavy (non-hydrogen) atoms. The zero-order chi connectivity index (χ0) is 13.9. The zero-order valence-electron chi connectivity index (χ0n) is 11.2. The number of methoxy groups -OCH3 is 1. The Kier molecular flexibility index (Phi) is 3.33. The van der Waals surface area contributed by atoms with Crippen molar-refractivity contribution in [2.45, 2.75) is 5.92 Å². The van der Waals surface area contributed by atoms with Crippen LogP contribution in [0.4, 0.5) is 0 Å². The third-order valence-electron chi connectivity index (χ3n) is 3.52. The summed E-state index contributed by atoms with van der Waals surface area (Å²) in [4.78, 5) is 22.2.